The fourth-order valence-corrected chi connectivity index (χ4v) is 1.82. The van der Waals surface area contributed by atoms with Gasteiger partial charge in [-0.3, -0.25) is 0 Å². The second-order valence-electron chi connectivity index (χ2n) is 3.97. The maximum atomic E-state index is 6.93. The lowest BCUT2D eigenvalue weighted by atomic mass is 9.95. The highest BCUT2D eigenvalue weighted by Crippen LogP contribution is 2.48. The first-order valence-corrected chi connectivity index (χ1v) is 4.67. The van der Waals surface area contributed by atoms with Crippen molar-refractivity contribution in [2.45, 2.75) is 25.2 Å². The lowest BCUT2D eigenvalue weighted by molar-refractivity contribution is 0.757. The summed E-state index contributed by atoms with van der Waals surface area (Å²) in [5.41, 5.74) is 2.89. The molecule has 1 heteroatoms. The zero-order valence-corrected chi connectivity index (χ0v) is 7.88. The van der Waals surface area contributed by atoms with Gasteiger partial charge in [-0.25, -0.2) is 6.57 Å². The largest absolute Gasteiger partial charge is 0.316 e. The van der Waals surface area contributed by atoms with Crippen LogP contribution >= 0.6 is 0 Å². The second-order valence-corrected chi connectivity index (χ2v) is 3.97. The third-order valence-corrected chi connectivity index (χ3v) is 2.87. The maximum absolute atomic E-state index is 6.93. The molecule has 0 aromatic heterocycles. The predicted octanol–water partition coefficient (Wildman–Crippen LogP) is 2.95. The Morgan fingerprint density at radius 2 is 2.23 bits per heavy atom. The molecule has 1 aromatic rings. The van der Waals surface area contributed by atoms with Crippen LogP contribution in [0.3, 0.4) is 0 Å². The molecule has 0 amide bonds. The highest BCUT2D eigenvalue weighted by molar-refractivity contribution is 5.35. The third-order valence-electron chi connectivity index (χ3n) is 2.87. The molecule has 1 aromatic carbocycles. The Kier molecular flexibility index (Phi) is 1.84. The van der Waals surface area contributed by atoms with Crippen LogP contribution in [0.1, 0.15) is 24.0 Å². The number of hydrogen-bond donors (Lipinski definition) is 0. The molecule has 0 N–H and O–H groups in total. The molecule has 1 aliphatic rings. The van der Waals surface area contributed by atoms with E-state index in [9.17, 15) is 0 Å². The Balaban J connectivity index is 2.31. The first-order valence-electron chi connectivity index (χ1n) is 4.67. The summed E-state index contributed by atoms with van der Waals surface area (Å²) in [6.45, 7) is 9.70. The molecule has 0 spiro atoms. The van der Waals surface area contributed by atoms with E-state index in [2.05, 4.69) is 36.0 Å². The van der Waals surface area contributed by atoms with E-state index in [-0.39, 0.29) is 5.41 Å². The van der Waals surface area contributed by atoms with Crippen molar-refractivity contribution in [3.05, 3.63) is 46.8 Å². The van der Waals surface area contributed by atoms with Crippen LogP contribution in [0.25, 0.3) is 4.85 Å². The van der Waals surface area contributed by atoms with Crippen molar-refractivity contribution in [3.8, 4) is 0 Å². The number of hydrogen-bond acceptors (Lipinski definition) is 0. The maximum Gasteiger partial charge on any atom is 0.224 e. The Morgan fingerprint density at radius 1 is 1.46 bits per heavy atom. The molecule has 0 aliphatic heterocycles. The highest BCUT2D eigenvalue weighted by Gasteiger charge is 2.47. The summed E-state index contributed by atoms with van der Waals surface area (Å²) in [7, 11) is 0. The molecule has 0 atom stereocenters. The number of benzene rings is 1. The van der Waals surface area contributed by atoms with E-state index < -0.39 is 0 Å². The molecule has 1 aliphatic carbocycles. The first-order chi connectivity index (χ1) is 6.27. The summed E-state index contributed by atoms with van der Waals surface area (Å²) in [4.78, 5) is 3.53. The minimum atomic E-state index is 0.230. The van der Waals surface area contributed by atoms with Gasteiger partial charge in [0.2, 0.25) is 6.54 Å². The van der Waals surface area contributed by atoms with Crippen LogP contribution < -0.4 is 0 Å². The van der Waals surface area contributed by atoms with Crippen LogP contribution in [0, 0.1) is 13.5 Å². The number of rotatable bonds is 2. The highest BCUT2D eigenvalue weighted by atomic mass is 14.7. The normalized spacial score (nSPS) is 17.8. The molecule has 0 bridgehead atoms. The van der Waals surface area contributed by atoms with Gasteiger partial charge in [-0.2, -0.15) is 0 Å². The fraction of sp³-hybridized carbons (Fsp3) is 0.417. The van der Waals surface area contributed by atoms with Gasteiger partial charge in [0, 0.05) is 0 Å². The van der Waals surface area contributed by atoms with Gasteiger partial charge in [0.25, 0.3) is 0 Å². The van der Waals surface area contributed by atoms with Gasteiger partial charge < -0.3 is 4.85 Å². The summed E-state index contributed by atoms with van der Waals surface area (Å²) in [5.74, 6) is 0. The van der Waals surface area contributed by atoms with Crippen molar-refractivity contribution in [1.82, 2.24) is 0 Å². The summed E-state index contributed by atoms with van der Waals surface area (Å²) < 4.78 is 0. The SMILES string of the molecule is [C-]#[N+]CC1(c2cccc(C)c2)CC1. The zero-order chi connectivity index (χ0) is 9.31. The Hall–Kier alpha value is -1.29. The van der Waals surface area contributed by atoms with E-state index in [4.69, 9.17) is 6.57 Å². The first kappa shape index (κ1) is 8.31. The van der Waals surface area contributed by atoms with Crippen molar-refractivity contribution < 1.29 is 0 Å². The van der Waals surface area contributed by atoms with Gasteiger partial charge in [0.15, 0.2) is 0 Å². The Bertz CT molecular complexity index is 356. The summed E-state index contributed by atoms with van der Waals surface area (Å²) >= 11 is 0. The van der Waals surface area contributed by atoms with Crippen LogP contribution in [0.15, 0.2) is 24.3 Å². The average molecular weight is 171 g/mol. The molecule has 0 heterocycles. The van der Waals surface area contributed by atoms with Crippen LogP contribution in [-0.2, 0) is 5.41 Å². The van der Waals surface area contributed by atoms with Gasteiger partial charge >= 0.3 is 0 Å². The third kappa shape index (κ3) is 1.45. The van der Waals surface area contributed by atoms with E-state index in [1.807, 2.05) is 0 Å². The zero-order valence-electron chi connectivity index (χ0n) is 7.88. The van der Waals surface area contributed by atoms with Crippen LogP contribution in [0.2, 0.25) is 0 Å². The van der Waals surface area contributed by atoms with E-state index >= 15 is 0 Å². The molecule has 13 heavy (non-hydrogen) atoms. The average Bonchev–Trinajstić information content (AvgIpc) is 2.86. The van der Waals surface area contributed by atoms with E-state index in [1.165, 1.54) is 24.0 Å². The molecule has 1 saturated carbocycles. The Morgan fingerprint density at radius 3 is 2.77 bits per heavy atom. The van der Waals surface area contributed by atoms with Crippen molar-refractivity contribution in [3.63, 3.8) is 0 Å². The molecular weight excluding hydrogens is 158 g/mol. The standard InChI is InChI=1S/C12H13N/c1-10-4-3-5-11(8-10)12(6-7-12)9-13-2/h3-5,8H,6-7,9H2,1H3. The molecule has 1 nitrogen and oxygen atoms in total. The molecule has 0 saturated heterocycles. The lowest BCUT2D eigenvalue weighted by Crippen LogP contribution is -2.09. The monoisotopic (exact) mass is 171 g/mol. The molecule has 2 rings (SSSR count). The van der Waals surface area contributed by atoms with Crippen molar-refractivity contribution >= 4 is 0 Å². The topological polar surface area (TPSA) is 4.36 Å². The van der Waals surface area contributed by atoms with Gasteiger partial charge in [-0.15, -0.1) is 0 Å². The van der Waals surface area contributed by atoms with E-state index in [0.29, 0.717) is 6.54 Å². The van der Waals surface area contributed by atoms with Gasteiger partial charge in [-0.1, -0.05) is 29.8 Å². The van der Waals surface area contributed by atoms with E-state index in [0.717, 1.165) is 0 Å². The molecule has 0 unspecified atom stereocenters. The molecule has 0 radical (unpaired) electrons. The quantitative estimate of drug-likeness (QED) is 0.602. The van der Waals surface area contributed by atoms with Crippen molar-refractivity contribution in [1.29, 1.82) is 0 Å². The van der Waals surface area contributed by atoms with Crippen molar-refractivity contribution in [2.24, 2.45) is 0 Å². The fourth-order valence-electron chi connectivity index (χ4n) is 1.82. The smallest absolute Gasteiger partial charge is 0.224 e. The predicted molar refractivity (Wildman–Crippen MR) is 53.6 cm³/mol. The van der Waals surface area contributed by atoms with Gasteiger partial charge in [0.05, 0.1) is 5.41 Å². The van der Waals surface area contributed by atoms with Crippen LogP contribution in [0.5, 0.6) is 0 Å². The summed E-state index contributed by atoms with van der Waals surface area (Å²) in [6.07, 6.45) is 2.39. The number of nitrogens with zero attached hydrogens (tertiary/aromatic N) is 1. The van der Waals surface area contributed by atoms with Gasteiger partial charge in [0.1, 0.15) is 0 Å². The minimum absolute atomic E-state index is 0.230. The van der Waals surface area contributed by atoms with Gasteiger partial charge in [-0.05, 0) is 25.3 Å². The Labute approximate surface area is 79.2 Å². The minimum Gasteiger partial charge on any atom is -0.316 e. The molecule has 66 valence electrons. The van der Waals surface area contributed by atoms with Crippen molar-refractivity contribution in [2.75, 3.05) is 6.54 Å². The van der Waals surface area contributed by atoms with Crippen LogP contribution in [0.4, 0.5) is 0 Å². The lowest BCUT2D eigenvalue weighted by Gasteiger charge is -2.08. The summed E-state index contributed by atoms with van der Waals surface area (Å²) in [5, 5.41) is 0. The molecule has 1 fully saturated rings. The second kappa shape index (κ2) is 2.88. The molecular formula is C12H13N. The van der Waals surface area contributed by atoms with Crippen LogP contribution in [-0.4, -0.2) is 6.54 Å². The van der Waals surface area contributed by atoms with E-state index in [1.54, 1.807) is 0 Å². The number of aryl methyl sites for hydroxylation is 1. The summed E-state index contributed by atoms with van der Waals surface area (Å²) in [6, 6.07) is 8.58.